The van der Waals surface area contributed by atoms with Gasteiger partial charge in [0.05, 0.1) is 22.7 Å². The summed E-state index contributed by atoms with van der Waals surface area (Å²) in [6.07, 6.45) is 4.17. The van der Waals surface area contributed by atoms with E-state index in [1.807, 2.05) is 47.0 Å². The molecule has 1 aliphatic carbocycles. The standard InChI is InChI=1S/C27H31N3O4S/c1-17(2)25(18-11-12-22-23(15-18)34-14-13-33-22)29-24(31)16-35-27-28-21-10-6-5-9-20(21)26(32)30(27)19-7-3-4-8-19/h5-6,9-12,15,17,19,25H,3-4,7-8,13-14,16H2,1-2H3,(H,29,31). The second kappa shape index (κ2) is 10.3. The third-order valence-corrected chi connectivity index (χ3v) is 7.66. The van der Waals surface area contributed by atoms with Crippen LogP contribution in [-0.4, -0.2) is 34.4 Å². The van der Waals surface area contributed by atoms with Gasteiger partial charge in [-0.05, 0) is 48.6 Å². The average Bonchev–Trinajstić information content (AvgIpc) is 3.40. The number of hydrogen-bond acceptors (Lipinski definition) is 6. The van der Waals surface area contributed by atoms with Crippen molar-refractivity contribution in [1.82, 2.24) is 14.9 Å². The number of amides is 1. The number of fused-ring (bicyclic) bond motifs is 2. The van der Waals surface area contributed by atoms with Crippen LogP contribution in [0.15, 0.2) is 52.4 Å². The molecule has 5 rings (SSSR count). The molecule has 1 fully saturated rings. The molecule has 0 bridgehead atoms. The van der Waals surface area contributed by atoms with Crippen LogP contribution in [0.1, 0.15) is 57.2 Å². The van der Waals surface area contributed by atoms with Crippen molar-refractivity contribution in [3.05, 3.63) is 58.4 Å². The first-order valence-electron chi connectivity index (χ1n) is 12.3. The highest BCUT2D eigenvalue weighted by atomic mass is 32.2. The van der Waals surface area contributed by atoms with Gasteiger partial charge in [-0.2, -0.15) is 0 Å². The Morgan fingerprint density at radius 3 is 2.63 bits per heavy atom. The van der Waals surface area contributed by atoms with E-state index in [1.54, 1.807) is 0 Å². The number of rotatable bonds is 7. The van der Waals surface area contributed by atoms with Crippen LogP contribution in [0, 0.1) is 5.92 Å². The molecule has 1 aliphatic heterocycles. The van der Waals surface area contributed by atoms with E-state index in [2.05, 4.69) is 19.2 Å². The lowest BCUT2D eigenvalue weighted by molar-refractivity contribution is -0.119. The van der Waals surface area contributed by atoms with E-state index in [0.717, 1.165) is 37.0 Å². The van der Waals surface area contributed by atoms with E-state index in [-0.39, 0.29) is 35.2 Å². The van der Waals surface area contributed by atoms with Crippen molar-refractivity contribution in [2.45, 2.75) is 56.8 Å². The molecule has 2 aliphatic rings. The summed E-state index contributed by atoms with van der Waals surface area (Å²) in [5.74, 6) is 1.72. The fraction of sp³-hybridized carbons (Fsp3) is 0.444. The quantitative estimate of drug-likeness (QED) is 0.373. The summed E-state index contributed by atoms with van der Waals surface area (Å²) < 4.78 is 13.2. The van der Waals surface area contributed by atoms with Crippen LogP contribution in [0.4, 0.5) is 0 Å². The van der Waals surface area contributed by atoms with E-state index >= 15 is 0 Å². The molecule has 0 saturated heterocycles. The zero-order valence-corrected chi connectivity index (χ0v) is 21.0. The summed E-state index contributed by atoms with van der Waals surface area (Å²) in [6, 6.07) is 13.3. The van der Waals surface area contributed by atoms with E-state index in [9.17, 15) is 9.59 Å². The van der Waals surface area contributed by atoms with Gasteiger partial charge in [0.1, 0.15) is 13.2 Å². The Morgan fingerprint density at radius 2 is 1.86 bits per heavy atom. The number of nitrogens with one attached hydrogen (secondary N) is 1. The van der Waals surface area contributed by atoms with Gasteiger partial charge in [-0.3, -0.25) is 14.2 Å². The molecule has 184 valence electrons. The highest BCUT2D eigenvalue weighted by Gasteiger charge is 2.25. The van der Waals surface area contributed by atoms with Crippen LogP contribution in [0.2, 0.25) is 0 Å². The third-order valence-electron chi connectivity index (χ3n) is 6.71. The zero-order valence-electron chi connectivity index (χ0n) is 20.2. The molecule has 1 unspecified atom stereocenters. The van der Waals surface area contributed by atoms with Crippen molar-refractivity contribution >= 4 is 28.6 Å². The topological polar surface area (TPSA) is 82.5 Å². The van der Waals surface area contributed by atoms with Crippen LogP contribution in [0.5, 0.6) is 11.5 Å². The summed E-state index contributed by atoms with van der Waals surface area (Å²) in [4.78, 5) is 31.2. The number of aromatic nitrogens is 2. The SMILES string of the molecule is CC(C)C(NC(=O)CSc1nc2ccccc2c(=O)n1C1CCCC1)c1ccc2c(c1)OCCO2. The monoisotopic (exact) mass is 493 g/mol. The van der Waals surface area contributed by atoms with Crippen molar-refractivity contribution in [2.24, 2.45) is 5.92 Å². The molecule has 35 heavy (non-hydrogen) atoms. The minimum absolute atomic E-state index is 0.0123. The Labute approximate surface area is 209 Å². The first-order chi connectivity index (χ1) is 17.0. The largest absolute Gasteiger partial charge is 0.486 e. The summed E-state index contributed by atoms with van der Waals surface area (Å²) in [5, 5.41) is 4.43. The molecule has 2 heterocycles. The first kappa shape index (κ1) is 23.7. The summed E-state index contributed by atoms with van der Waals surface area (Å²) in [5.41, 5.74) is 1.64. The molecule has 8 heteroatoms. The second-order valence-corrected chi connectivity index (χ2v) is 10.4. The van der Waals surface area contributed by atoms with Crippen LogP contribution in [0.3, 0.4) is 0 Å². The number of carbonyl (C=O) groups is 1. The minimum atomic E-state index is -0.166. The summed E-state index contributed by atoms with van der Waals surface area (Å²) in [6.45, 7) is 5.23. The third kappa shape index (κ3) is 5.03. The first-order valence-corrected chi connectivity index (χ1v) is 13.3. The molecule has 0 spiro atoms. The van der Waals surface area contributed by atoms with E-state index < -0.39 is 0 Å². The number of para-hydroxylation sites is 1. The molecule has 1 atom stereocenters. The molecule has 1 amide bonds. The van der Waals surface area contributed by atoms with Gasteiger partial charge in [0.2, 0.25) is 5.91 Å². The molecule has 3 aromatic rings. The van der Waals surface area contributed by atoms with Crippen LogP contribution in [0.25, 0.3) is 10.9 Å². The maximum Gasteiger partial charge on any atom is 0.262 e. The number of hydrogen-bond donors (Lipinski definition) is 1. The van der Waals surface area contributed by atoms with E-state index in [0.29, 0.717) is 35.0 Å². The molecule has 2 aromatic carbocycles. The fourth-order valence-electron chi connectivity index (χ4n) is 4.95. The highest BCUT2D eigenvalue weighted by molar-refractivity contribution is 7.99. The maximum atomic E-state index is 13.3. The smallest absolute Gasteiger partial charge is 0.262 e. The lowest BCUT2D eigenvalue weighted by atomic mass is 9.95. The number of thioether (sulfide) groups is 1. The van der Waals surface area contributed by atoms with Gasteiger partial charge < -0.3 is 14.8 Å². The average molecular weight is 494 g/mol. The van der Waals surface area contributed by atoms with Crippen molar-refractivity contribution in [2.75, 3.05) is 19.0 Å². The molecular weight excluding hydrogens is 462 g/mol. The predicted octanol–water partition coefficient (Wildman–Crippen LogP) is 4.89. The van der Waals surface area contributed by atoms with Crippen molar-refractivity contribution in [3.8, 4) is 11.5 Å². The van der Waals surface area contributed by atoms with E-state index in [4.69, 9.17) is 14.5 Å². The van der Waals surface area contributed by atoms with E-state index in [1.165, 1.54) is 11.8 Å². The minimum Gasteiger partial charge on any atom is -0.486 e. The Kier molecular flexibility index (Phi) is 7.00. The van der Waals surface area contributed by atoms with Crippen molar-refractivity contribution in [3.63, 3.8) is 0 Å². The number of ether oxygens (including phenoxy) is 2. The van der Waals surface area contributed by atoms with Gasteiger partial charge in [-0.1, -0.05) is 56.7 Å². The predicted molar refractivity (Wildman–Crippen MR) is 137 cm³/mol. The fourth-order valence-corrected chi connectivity index (χ4v) is 5.82. The Morgan fingerprint density at radius 1 is 1.11 bits per heavy atom. The number of benzene rings is 2. The second-order valence-electron chi connectivity index (χ2n) is 9.51. The number of carbonyl (C=O) groups excluding carboxylic acids is 1. The summed E-state index contributed by atoms with van der Waals surface area (Å²) in [7, 11) is 0. The zero-order chi connectivity index (χ0) is 24.4. The molecule has 0 radical (unpaired) electrons. The van der Waals surface area contributed by atoms with Crippen molar-refractivity contribution in [1.29, 1.82) is 0 Å². The van der Waals surface area contributed by atoms with Gasteiger partial charge >= 0.3 is 0 Å². The van der Waals surface area contributed by atoms with Crippen LogP contribution < -0.4 is 20.3 Å². The lowest BCUT2D eigenvalue weighted by Crippen LogP contribution is -2.33. The molecular formula is C27H31N3O4S. The molecule has 7 nitrogen and oxygen atoms in total. The Hall–Kier alpha value is -3.00. The summed E-state index contributed by atoms with van der Waals surface area (Å²) >= 11 is 1.34. The normalized spacial score (nSPS) is 16.5. The van der Waals surface area contributed by atoms with Gasteiger partial charge in [-0.25, -0.2) is 4.98 Å². The maximum absolute atomic E-state index is 13.3. The molecule has 1 N–H and O–H groups in total. The lowest BCUT2D eigenvalue weighted by Gasteiger charge is -2.25. The van der Waals surface area contributed by atoms with Crippen molar-refractivity contribution < 1.29 is 14.3 Å². The Balaban J connectivity index is 1.35. The van der Waals surface area contributed by atoms with Gasteiger partial charge in [-0.15, -0.1) is 0 Å². The molecule has 1 saturated carbocycles. The Bertz CT molecular complexity index is 1280. The van der Waals surface area contributed by atoms with Gasteiger partial charge in [0, 0.05) is 6.04 Å². The van der Waals surface area contributed by atoms with Crippen LogP contribution >= 0.6 is 11.8 Å². The van der Waals surface area contributed by atoms with Crippen LogP contribution in [-0.2, 0) is 4.79 Å². The van der Waals surface area contributed by atoms with Gasteiger partial charge in [0.15, 0.2) is 16.7 Å². The van der Waals surface area contributed by atoms with Gasteiger partial charge in [0.25, 0.3) is 5.56 Å². The highest BCUT2D eigenvalue weighted by Crippen LogP contribution is 2.35. The number of nitrogens with zero attached hydrogens (tertiary/aromatic N) is 2. The molecule has 1 aromatic heterocycles.